The van der Waals surface area contributed by atoms with Crippen LogP contribution in [0, 0.1) is 0 Å². The van der Waals surface area contributed by atoms with Crippen molar-refractivity contribution in [1.82, 2.24) is 9.78 Å². The third-order valence-electron chi connectivity index (χ3n) is 2.99. The Hall–Kier alpha value is -0.870. The Balaban J connectivity index is 2.18. The van der Waals surface area contributed by atoms with Crippen molar-refractivity contribution in [3.63, 3.8) is 0 Å². The van der Waals surface area contributed by atoms with E-state index < -0.39 is 0 Å². The van der Waals surface area contributed by atoms with E-state index >= 15 is 0 Å². The highest BCUT2D eigenvalue weighted by Crippen LogP contribution is 2.35. The van der Waals surface area contributed by atoms with Crippen LogP contribution in [0.5, 0.6) is 0 Å². The molecule has 4 heteroatoms. The second kappa shape index (κ2) is 3.37. The monoisotopic (exact) mass is 195 g/mol. The minimum Gasteiger partial charge on any atom is -0.373 e. The third kappa shape index (κ3) is 1.55. The van der Waals surface area contributed by atoms with Crippen LogP contribution in [0.3, 0.4) is 0 Å². The molecule has 2 unspecified atom stereocenters. The van der Waals surface area contributed by atoms with Gasteiger partial charge in [0, 0.05) is 25.4 Å². The van der Waals surface area contributed by atoms with Crippen LogP contribution in [-0.4, -0.2) is 22.0 Å². The van der Waals surface area contributed by atoms with Crippen LogP contribution in [0.15, 0.2) is 12.4 Å². The molecule has 2 heterocycles. The van der Waals surface area contributed by atoms with Gasteiger partial charge in [-0.2, -0.15) is 5.10 Å². The number of aromatic nitrogens is 2. The Labute approximate surface area is 84.0 Å². The summed E-state index contributed by atoms with van der Waals surface area (Å²) in [7, 11) is 1.90. The van der Waals surface area contributed by atoms with Gasteiger partial charge in [-0.05, 0) is 19.8 Å². The molecule has 2 atom stereocenters. The van der Waals surface area contributed by atoms with Crippen molar-refractivity contribution in [3.8, 4) is 0 Å². The molecule has 2 rings (SSSR count). The first-order valence-corrected chi connectivity index (χ1v) is 5.00. The average Bonchev–Trinajstić information content (AvgIpc) is 2.74. The lowest BCUT2D eigenvalue weighted by Crippen LogP contribution is -2.37. The van der Waals surface area contributed by atoms with Crippen LogP contribution in [-0.2, 0) is 11.8 Å². The molecule has 78 valence electrons. The highest BCUT2D eigenvalue weighted by Gasteiger charge is 2.37. The van der Waals surface area contributed by atoms with Crippen molar-refractivity contribution in [3.05, 3.63) is 18.0 Å². The third-order valence-corrected chi connectivity index (χ3v) is 2.99. The summed E-state index contributed by atoms with van der Waals surface area (Å²) in [5, 5.41) is 4.12. The zero-order valence-electron chi connectivity index (χ0n) is 8.73. The van der Waals surface area contributed by atoms with E-state index in [1.807, 2.05) is 19.4 Å². The second-order valence-corrected chi connectivity index (χ2v) is 4.19. The lowest BCUT2D eigenvalue weighted by Gasteiger charge is -2.29. The molecule has 0 radical (unpaired) electrons. The molecule has 0 bridgehead atoms. The number of rotatable bonds is 2. The first-order valence-electron chi connectivity index (χ1n) is 5.00. The van der Waals surface area contributed by atoms with E-state index in [0.29, 0.717) is 0 Å². The average molecular weight is 195 g/mol. The molecular weight excluding hydrogens is 178 g/mol. The topological polar surface area (TPSA) is 53.1 Å². The van der Waals surface area contributed by atoms with E-state index in [2.05, 4.69) is 12.0 Å². The minimum absolute atomic E-state index is 0.0706. The standard InChI is InChI=1S/C10H17N3O/c1-10(4-3-5-14-10)9(11)8-6-12-13(2)7-8/h6-7,9H,3-5,11H2,1-2H3. The van der Waals surface area contributed by atoms with Crippen LogP contribution in [0.25, 0.3) is 0 Å². The van der Waals surface area contributed by atoms with E-state index in [-0.39, 0.29) is 11.6 Å². The Morgan fingerprint density at radius 1 is 1.71 bits per heavy atom. The molecule has 2 N–H and O–H groups in total. The van der Waals surface area contributed by atoms with Gasteiger partial charge in [-0.25, -0.2) is 0 Å². The summed E-state index contributed by atoms with van der Waals surface area (Å²) in [5.74, 6) is 0. The zero-order valence-corrected chi connectivity index (χ0v) is 8.73. The maximum absolute atomic E-state index is 6.17. The Morgan fingerprint density at radius 2 is 2.50 bits per heavy atom. The Kier molecular flexibility index (Phi) is 2.33. The smallest absolute Gasteiger partial charge is 0.0848 e. The van der Waals surface area contributed by atoms with Gasteiger partial charge in [-0.1, -0.05) is 0 Å². The molecule has 1 aliphatic rings. The summed E-state index contributed by atoms with van der Waals surface area (Å²) in [4.78, 5) is 0. The van der Waals surface area contributed by atoms with Crippen LogP contribution >= 0.6 is 0 Å². The maximum Gasteiger partial charge on any atom is 0.0848 e. The fourth-order valence-electron chi connectivity index (χ4n) is 2.00. The summed E-state index contributed by atoms with van der Waals surface area (Å²) in [5.41, 5.74) is 7.02. The number of nitrogens with zero attached hydrogens (tertiary/aromatic N) is 2. The van der Waals surface area contributed by atoms with Gasteiger partial charge >= 0.3 is 0 Å². The molecule has 4 nitrogen and oxygen atoms in total. The molecule has 0 aromatic carbocycles. The largest absolute Gasteiger partial charge is 0.373 e. The van der Waals surface area contributed by atoms with Gasteiger partial charge < -0.3 is 10.5 Å². The van der Waals surface area contributed by atoms with E-state index in [4.69, 9.17) is 10.5 Å². The van der Waals surface area contributed by atoms with Gasteiger partial charge in [0.25, 0.3) is 0 Å². The number of nitrogens with two attached hydrogens (primary N) is 1. The van der Waals surface area contributed by atoms with E-state index in [1.54, 1.807) is 4.68 Å². The molecule has 0 spiro atoms. The molecule has 0 aliphatic carbocycles. The van der Waals surface area contributed by atoms with E-state index in [9.17, 15) is 0 Å². The lowest BCUT2D eigenvalue weighted by molar-refractivity contribution is -0.00175. The highest BCUT2D eigenvalue weighted by atomic mass is 16.5. The number of hydrogen-bond acceptors (Lipinski definition) is 3. The van der Waals surface area contributed by atoms with Gasteiger partial charge in [0.1, 0.15) is 0 Å². The molecule has 1 aromatic rings. The summed E-state index contributed by atoms with van der Waals surface area (Å²) in [6.07, 6.45) is 5.91. The van der Waals surface area contributed by atoms with Crippen LogP contribution in [0.4, 0.5) is 0 Å². The van der Waals surface area contributed by atoms with Crippen molar-refractivity contribution in [2.75, 3.05) is 6.61 Å². The van der Waals surface area contributed by atoms with E-state index in [0.717, 1.165) is 25.0 Å². The lowest BCUT2D eigenvalue weighted by atomic mass is 9.90. The highest BCUT2D eigenvalue weighted by molar-refractivity contribution is 5.15. The van der Waals surface area contributed by atoms with Crippen molar-refractivity contribution < 1.29 is 4.74 Å². The molecule has 1 aromatic heterocycles. The molecular formula is C10H17N3O. The van der Waals surface area contributed by atoms with Gasteiger partial charge in [0.15, 0.2) is 0 Å². The fourth-order valence-corrected chi connectivity index (χ4v) is 2.00. The van der Waals surface area contributed by atoms with Crippen molar-refractivity contribution in [2.24, 2.45) is 12.8 Å². The Bertz CT molecular complexity index is 315. The number of aryl methyl sites for hydroxylation is 1. The van der Waals surface area contributed by atoms with E-state index in [1.165, 1.54) is 0 Å². The summed E-state index contributed by atoms with van der Waals surface area (Å²) < 4.78 is 7.48. The molecule has 1 saturated heterocycles. The summed E-state index contributed by atoms with van der Waals surface area (Å²) in [6.45, 7) is 2.90. The first kappa shape index (κ1) is 9.68. The predicted molar refractivity (Wildman–Crippen MR) is 53.7 cm³/mol. The molecule has 1 aliphatic heterocycles. The minimum atomic E-state index is -0.205. The van der Waals surface area contributed by atoms with Crippen molar-refractivity contribution in [1.29, 1.82) is 0 Å². The van der Waals surface area contributed by atoms with Gasteiger partial charge in [0.2, 0.25) is 0 Å². The van der Waals surface area contributed by atoms with Crippen molar-refractivity contribution in [2.45, 2.75) is 31.4 Å². The molecule has 14 heavy (non-hydrogen) atoms. The van der Waals surface area contributed by atoms with Gasteiger partial charge in [-0.15, -0.1) is 0 Å². The fraction of sp³-hybridized carbons (Fsp3) is 0.700. The zero-order chi connectivity index (χ0) is 10.2. The van der Waals surface area contributed by atoms with Gasteiger partial charge in [-0.3, -0.25) is 4.68 Å². The maximum atomic E-state index is 6.17. The summed E-state index contributed by atoms with van der Waals surface area (Å²) >= 11 is 0. The number of ether oxygens (including phenoxy) is 1. The SMILES string of the molecule is Cn1cc(C(N)C2(C)CCCO2)cn1. The van der Waals surface area contributed by atoms with Gasteiger partial charge in [0.05, 0.1) is 17.8 Å². The quantitative estimate of drug-likeness (QED) is 0.765. The predicted octanol–water partition coefficient (Wildman–Crippen LogP) is 0.989. The van der Waals surface area contributed by atoms with Crippen LogP contribution in [0.1, 0.15) is 31.4 Å². The molecule has 1 fully saturated rings. The second-order valence-electron chi connectivity index (χ2n) is 4.19. The summed E-state index contributed by atoms with van der Waals surface area (Å²) in [6, 6.07) is -0.0706. The molecule has 0 amide bonds. The Morgan fingerprint density at radius 3 is 3.00 bits per heavy atom. The van der Waals surface area contributed by atoms with Crippen LogP contribution in [0.2, 0.25) is 0 Å². The van der Waals surface area contributed by atoms with Crippen LogP contribution < -0.4 is 5.73 Å². The van der Waals surface area contributed by atoms with Crippen molar-refractivity contribution >= 4 is 0 Å². The normalized spacial score (nSPS) is 29.4. The number of hydrogen-bond donors (Lipinski definition) is 1. The first-order chi connectivity index (χ1) is 6.62. The molecule has 0 saturated carbocycles.